The van der Waals surface area contributed by atoms with Crippen molar-refractivity contribution in [2.45, 2.75) is 76.0 Å². The number of hydrogen-bond acceptors (Lipinski definition) is 4. The summed E-state index contributed by atoms with van der Waals surface area (Å²) in [6.45, 7) is 6.97. The summed E-state index contributed by atoms with van der Waals surface area (Å²) in [5.74, 6) is 1.62. The monoisotopic (exact) mass is 309 g/mol. The highest BCUT2D eigenvalue weighted by atomic mass is 32.2. The maximum absolute atomic E-state index is 11.8. The van der Waals surface area contributed by atoms with Crippen LogP contribution in [0.15, 0.2) is 10.9 Å². The SMILES string of the molecule is CC(C)(C)NCc1cc(=O)[nH]c(CSC2CCCCC2)n1. The molecule has 4 nitrogen and oxygen atoms in total. The largest absolute Gasteiger partial charge is 0.310 e. The number of thioether (sulfide) groups is 1. The Bertz CT molecular complexity index is 501. The number of nitrogens with zero attached hydrogens (tertiary/aromatic N) is 1. The van der Waals surface area contributed by atoms with Gasteiger partial charge in [0.2, 0.25) is 0 Å². The zero-order valence-electron chi connectivity index (χ0n) is 13.4. The minimum Gasteiger partial charge on any atom is -0.310 e. The summed E-state index contributed by atoms with van der Waals surface area (Å²) in [7, 11) is 0. The Morgan fingerprint density at radius 2 is 2.05 bits per heavy atom. The molecule has 0 aliphatic heterocycles. The molecule has 21 heavy (non-hydrogen) atoms. The molecule has 1 fully saturated rings. The van der Waals surface area contributed by atoms with Crippen molar-refractivity contribution in [3.8, 4) is 0 Å². The van der Waals surface area contributed by atoms with Crippen LogP contribution >= 0.6 is 11.8 Å². The minimum absolute atomic E-state index is 0.0291. The molecule has 0 saturated heterocycles. The van der Waals surface area contributed by atoms with Crippen molar-refractivity contribution >= 4 is 11.8 Å². The highest BCUT2D eigenvalue weighted by molar-refractivity contribution is 7.99. The van der Waals surface area contributed by atoms with E-state index in [4.69, 9.17) is 0 Å². The van der Waals surface area contributed by atoms with Crippen LogP contribution in [0.3, 0.4) is 0 Å². The van der Waals surface area contributed by atoms with Crippen molar-refractivity contribution in [2.75, 3.05) is 0 Å². The molecular weight excluding hydrogens is 282 g/mol. The van der Waals surface area contributed by atoms with E-state index in [2.05, 4.69) is 36.1 Å². The standard InChI is InChI=1S/C16H27N3OS/c1-16(2,3)17-10-12-9-15(20)19-14(18-12)11-21-13-7-5-4-6-8-13/h9,13,17H,4-8,10-11H2,1-3H3,(H,18,19,20). The molecule has 1 heterocycles. The fraction of sp³-hybridized carbons (Fsp3) is 0.750. The van der Waals surface area contributed by atoms with E-state index in [1.165, 1.54) is 32.1 Å². The molecule has 0 radical (unpaired) electrons. The smallest absolute Gasteiger partial charge is 0.251 e. The van der Waals surface area contributed by atoms with Crippen LogP contribution in [-0.4, -0.2) is 20.8 Å². The van der Waals surface area contributed by atoms with Gasteiger partial charge in [-0.25, -0.2) is 4.98 Å². The molecule has 0 atom stereocenters. The number of hydrogen-bond donors (Lipinski definition) is 2. The van der Waals surface area contributed by atoms with Gasteiger partial charge in [0.1, 0.15) is 5.82 Å². The average Bonchev–Trinajstić information content (AvgIpc) is 2.43. The maximum Gasteiger partial charge on any atom is 0.251 e. The van der Waals surface area contributed by atoms with E-state index < -0.39 is 0 Å². The first-order valence-electron chi connectivity index (χ1n) is 7.88. The average molecular weight is 309 g/mol. The summed E-state index contributed by atoms with van der Waals surface area (Å²) in [4.78, 5) is 19.2. The molecule has 1 aliphatic carbocycles. The van der Waals surface area contributed by atoms with E-state index >= 15 is 0 Å². The van der Waals surface area contributed by atoms with E-state index in [0.29, 0.717) is 6.54 Å². The third-order valence-corrected chi connectivity index (χ3v) is 5.03. The zero-order valence-corrected chi connectivity index (χ0v) is 14.2. The molecule has 1 aliphatic rings. The molecule has 1 aromatic rings. The fourth-order valence-corrected chi connectivity index (χ4v) is 3.70. The van der Waals surface area contributed by atoms with Crippen LogP contribution in [0.5, 0.6) is 0 Å². The summed E-state index contributed by atoms with van der Waals surface area (Å²) < 4.78 is 0. The minimum atomic E-state index is -0.0463. The second-order valence-electron chi connectivity index (χ2n) is 6.86. The van der Waals surface area contributed by atoms with Crippen LogP contribution in [0.2, 0.25) is 0 Å². The summed E-state index contributed by atoms with van der Waals surface area (Å²) in [5.41, 5.74) is 0.809. The fourth-order valence-electron chi connectivity index (χ4n) is 2.51. The quantitative estimate of drug-likeness (QED) is 0.877. The lowest BCUT2D eigenvalue weighted by Gasteiger charge is -2.21. The molecule has 1 saturated carbocycles. The molecule has 5 heteroatoms. The van der Waals surface area contributed by atoms with Crippen LogP contribution in [-0.2, 0) is 12.3 Å². The van der Waals surface area contributed by atoms with Crippen molar-refractivity contribution in [3.05, 3.63) is 27.9 Å². The van der Waals surface area contributed by atoms with Gasteiger partial charge in [0.15, 0.2) is 0 Å². The molecule has 0 unspecified atom stereocenters. The lowest BCUT2D eigenvalue weighted by atomic mass is 10.0. The predicted molar refractivity (Wildman–Crippen MR) is 89.6 cm³/mol. The van der Waals surface area contributed by atoms with Gasteiger partial charge in [0, 0.05) is 23.4 Å². The molecule has 2 rings (SSSR count). The number of aromatic amines is 1. The van der Waals surface area contributed by atoms with Gasteiger partial charge in [-0.05, 0) is 33.6 Å². The Morgan fingerprint density at radius 1 is 1.33 bits per heavy atom. The van der Waals surface area contributed by atoms with Crippen molar-refractivity contribution < 1.29 is 0 Å². The van der Waals surface area contributed by atoms with E-state index in [1.54, 1.807) is 6.07 Å². The van der Waals surface area contributed by atoms with E-state index in [-0.39, 0.29) is 11.1 Å². The molecule has 2 N–H and O–H groups in total. The summed E-state index contributed by atoms with van der Waals surface area (Å²) >= 11 is 1.94. The first kappa shape index (κ1) is 16.6. The van der Waals surface area contributed by atoms with Gasteiger partial charge in [-0.1, -0.05) is 19.3 Å². The number of rotatable bonds is 5. The van der Waals surface area contributed by atoms with Crippen LogP contribution in [0.4, 0.5) is 0 Å². The number of H-pyrrole nitrogens is 1. The van der Waals surface area contributed by atoms with Crippen LogP contribution in [0.1, 0.15) is 64.4 Å². The highest BCUT2D eigenvalue weighted by Crippen LogP contribution is 2.29. The Kier molecular flexibility index (Phi) is 5.88. The lowest BCUT2D eigenvalue weighted by Crippen LogP contribution is -2.35. The third-order valence-electron chi connectivity index (χ3n) is 3.65. The van der Waals surface area contributed by atoms with Crippen molar-refractivity contribution in [1.29, 1.82) is 0 Å². The third kappa shape index (κ3) is 6.22. The summed E-state index contributed by atoms with van der Waals surface area (Å²) in [6.07, 6.45) is 6.68. The van der Waals surface area contributed by atoms with Crippen LogP contribution in [0, 0.1) is 0 Å². The number of nitrogens with one attached hydrogen (secondary N) is 2. The Balaban J connectivity index is 1.93. The molecule has 1 aromatic heterocycles. The van der Waals surface area contributed by atoms with Gasteiger partial charge >= 0.3 is 0 Å². The van der Waals surface area contributed by atoms with E-state index in [1.807, 2.05) is 11.8 Å². The van der Waals surface area contributed by atoms with Crippen molar-refractivity contribution in [3.63, 3.8) is 0 Å². The first-order valence-corrected chi connectivity index (χ1v) is 8.93. The molecule has 0 aromatic carbocycles. The van der Waals surface area contributed by atoms with E-state index in [9.17, 15) is 4.79 Å². The van der Waals surface area contributed by atoms with Gasteiger partial charge < -0.3 is 10.3 Å². The summed E-state index contributed by atoms with van der Waals surface area (Å²) in [6, 6.07) is 1.59. The first-order chi connectivity index (χ1) is 9.92. The van der Waals surface area contributed by atoms with Crippen LogP contribution < -0.4 is 10.9 Å². The molecule has 0 bridgehead atoms. The Hall–Kier alpha value is -0.810. The second kappa shape index (κ2) is 7.45. The molecule has 0 amide bonds. The molecule has 118 valence electrons. The number of aromatic nitrogens is 2. The topological polar surface area (TPSA) is 57.8 Å². The predicted octanol–water partition coefficient (Wildman–Crippen LogP) is 3.22. The highest BCUT2D eigenvalue weighted by Gasteiger charge is 2.15. The molecular formula is C16H27N3OS. The summed E-state index contributed by atoms with van der Waals surface area (Å²) in [5, 5.41) is 4.11. The van der Waals surface area contributed by atoms with Gasteiger partial charge in [0.25, 0.3) is 5.56 Å². The normalized spacial score (nSPS) is 17.1. The Labute approximate surface area is 131 Å². The van der Waals surface area contributed by atoms with Gasteiger partial charge in [0.05, 0.1) is 11.4 Å². The van der Waals surface area contributed by atoms with Crippen molar-refractivity contribution in [1.82, 2.24) is 15.3 Å². The second-order valence-corrected chi connectivity index (χ2v) is 8.15. The maximum atomic E-state index is 11.8. The lowest BCUT2D eigenvalue weighted by molar-refractivity contribution is 0.420. The zero-order chi connectivity index (χ0) is 15.3. The van der Waals surface area contributed by atoms with Gasteiger partial charge in [-0.2, -0.15) is 11.8 Å². The van der Waals surface area contributed by atoms with Crippen molar-refractivity contribution in [2.24, 2.45) is 0 Å². The Morgan fingerprint density at radius 3 is 2.71 bits per heavy atom. The van der Waals surface area contributed by atoms with E-state index in [0.717, 1.165) is 22.5 Å². The van der Waals surface area contributed by atoms with Gasteiger partial charge in [-0.3, -0.25) is 4.79 Å². The van der Waals surface area contributed by atoms with Gasteiger partial charge in [-0.15, -0.1) is 0 Å². The van der Waals surface area contributed by atoms with Crippen LogP contribution in [0.25, 0.3) is 0 Å². The molecule has 0 spiro atoms.